The predicted molar refractivity (Wildman–Crippen MR) is 128 cm³/mol. The molecule has 0 unspecified atom stereocenters. The van der Waals surface area contributed by atoms with E-state index in [0.29, 0.717) is 29.5 Å². The van der Waals surface area contributed by atoms with Crippen molar-refractivity contribution in [1.82, 2.24) is 24.2 Å². The molecule has 5 rings (SSSR count). The Hall–Kier alpha value is -3.27. The minimum atomic E-state index is -3.51. The summed E-state index contributed by atoms with van der Waals surface area (Å²) in [5.41, 5.74) is 4.13. The number of aromatic amines is 1. The number of likely N-dealkylation sites (N-methyl/N-ethyl adjacent to an activating group) is 1. The van der Waals surface area contributed by atoms with Gasteiger partial charge in [-0.2, -0.15) is 4.31 Å². The Morgan fingerprint density at radius 2 is 1.73 bits per heavy atom. The monoisotopic (exact) mass is 463 g/mol. The summed E-state index contributed by atoms with van der Waals surface area (Å²) in [4.78, 5) is 14.9. The van der Waals surface area contributed by atoms with E-state index in [4.69, 9.17) is 9.72 Å². The summed E-state index contributed by atoms with van der Waals surface area (Å²) in [5, 5.41) is 0. The van der Waals surface area contributed by atoms with Gasteiger partial charge in [-0.15, -0.1) is 0 Å². The molecule has 0 amide bonds. The standard InChI is InChI=1S/C24H25N5O3S/c1-28-12-14-29(15-13-28)33(30,31)20-8-6-17(7-9-20)23-26-22-21(10-11-25-24(22)27-23)18-4-3-5-19(16-18)32-2/h3-11,16H,12-15H2,1-2H3,(H,25,26,27). The molecule has 2 aromatic carbocycles. The van der Waals surface area contributed by atoms with Crippen molar-refractivity contribution in [3.63, 3.8) is 0 Å². The van der Waals surface area contributed by atoms with Crippen molar-refractivity contribution in [3.05, 3.63) is 60.8 Å². The van der Waals surface area contributed by atoms with Gasteiger partial charge in [-0.05, 0) is 55.1 Å². The lowest BCUT2D eigenvalue weighted by atomic mass is 10.1. The first-order valence-electron chi connectivity index (χ1n) is 10.7. The Balaban J connectivity index is 1.46. The zero-order valence-corrected chi connectivity index (χ0v) is 19.3. The number of hydrogen-bond acceptors (Lipinski definition) is 6. The molecular formula is C24H25N5O3S. The fourth-order valence-corrected chi connectivity index (χ4v) is 5.46. The zero-order chi connectivity index (χ0) is 23.0. The third-order valence-corrected chi connectivity index (χ3v) is 7.91. The van der Waals surface area contributed by atoms with Gasteiger partial charge in [-0.3, -0.25) is 0 Å². The number of methoxy groups -OCH3 is 1. The lowest BCUT2D eigenvalue weighted by Gasteiger charge is -2.31. The average Bonchev–Trinajstić information content (AvgIpc) is 3.29. The number of benzene rings is 2. The van der Waals surface area contributed by atoms with Crippen LogP contribution in [0.2, 0.25) is 0 Å². The highest BCUT2D eigenvalue weighted by Crippen LogP contribution is 2.31. The molecule has 9 heteroatoms. The summed E-state index contributed by atoms with van der Waals surface area (Å²) in [7, 11) is 0.134. The van der Waals surface area contributed by atoms with Crippen LogP contribution in [0, 0.1) is 0 Å². The molecule has 4 aromatic rings. The van der Waals surface area contributed by atoms with Crippen molar-refractivity contribution in [1.29, 1.82) is 0 Å². The minimum absolute atomic E-state index is 0.294. The molecule has 8 nitrogen and oxygen atoms in total. The van der Waals surface area contributed by atoms with Crippen LogP contribution >= 0.6 is 0 Å². The molecule has 0 bridgehead atoms. The Labute approximate surface area is 192 Å². The number of imidazole rings is 1. The highest BCUT2D eigenvalue weighted by molar-refractivity contribution is 7.89. The third-order valence-electron chi connectivity index (χ3n) is 5.99. The molecule has 170 valence electrons. The molecular weight excluding hydrogens is 438 g/mol. The summed E-state index contributed by atoms with van der Waals surface area (Å²) < 4.78 is 32.9. The molecule has 1 saturated heterocycles. The summed E-state index contributed by atoms with van der Waals surface area (Å²) in [6.07, 6.45) is 1.74. The van der Waals surface area contributed by atoms with Crippen molar-refractivity contribution in [3.8, 4) is 28.3 Å². The molecule has 0 spiro atoms. The van der Waals surface area contributed by atoms with Crippen molar-refractivity contribution in [2.75, 3.05) is 40.3 Å². The highest BCUT2D eigenvalue weighted by atomic mass is 32.2. The molecule has 2 aromatic heterocycles. The zero-order valence-electron chi connectivity index (χ0n) is 18.5. The van der Waals surface area contributed by atoms with Crippen LogP contribution in [0.1, 0.15) is 0 Å². The number of rotatable bonds is 5. The van der Waals surface area contributed by atoms with E-state index in [9.17, 15) is 8.42 Å². The van der Waals surface area contributed by atoms with Crippen LogP contribution in [0.3, 0.4) is 0 Å². The van der Waals surface area contributed by atoms with E-state index in [-0.39, 0.29) is 0 Å². The number of ether oxygens (including phenoxy) is 1. The second-order valence-corrected chi connectivity index (χ2v) is 10.0. The number of hydrogen-bond donors (Lipinski definition) is 1. The maximum absolute atomic E-state index is 13.0. The van der Waals surface area contributed by atoms with Gasteiger partial charge in [0.2, 0.25) is 10.0 Å². The number of sulfonamides is 1. The summed E-state index contributed by atoms with van der Waals surface area (Å²) in [6, 6.07) is 16.6. The Bertz CT molecular complexity index is 1390. The van der Waals surface area contributed by atoms with E-state index in [0.717, 1.165) is 41.0 Å². The number of H-pyrrole nitrogens is 1. The summed E-state index contributed by atoms with van der Waals surface area (Å²) in [6.45, 7) is 2.48. The van der Waals surface area contributed by atoms with Crippen molar-refractivity contribution < 1.29 is 13.2 Å². The average molecular weight is 464 g/mol. The predicted octanol–water partition coefficient (Wildman–Crippen LogP) is 3.24. The second-order valence-electron chi connectivity index (χ2n) is 8.10. The smallest absolute Gasteiger partial charge is 0.243 e. The lowest BCUT2D eigenvalue weighted by Crippen LogP contribution is -2.46. The molecule has 1 aliphatic heterocycles. The van der Waals surface area contributed by atoms with Gasteiger partial charge < -0.3 is 14.6 Å². The Kier molecular flexibility index (Phi) is 5.61. The van der Waals surface area contributed by atoms with E-state index >= 15 is 0 Å². The topological polar surface area (TPSA) is 91.4 Å². The van der Waals surface area contributed by atoms with E-state index in [1.165, 1.54) is 0 Å². The number of piperazine rings is 1. The Morgan fingerprint density at radius 1 is 0.970 bits per heavy atom. The van der Waals surface area contributed by atoms with Crippen LogP contribution < -0.4 is 4.74 Å². The Morgan fingerprint density at radius 3 is 2.45 bits per heavy atom. The minimum Gasteiger partial charge on any atom is -0.497 e. The molecule has 0 saturated carbocycles. The number of nitrogens with one attached hydrogen (secondary N) is 1. The van der Waals surface area contributed by atoms with E-state index in [2.05, 4.69) is 14.9 Å². The van der Waals surface area contributed by atoms with Gasteiger partial charge in [0.15, 0.2) is 5.65 Å². The quantitative estimate of drug-likeness (QED) is 0.489. The molecule has 33 heavy (non-hydrogen) atoms. The van der Waals surface area contributed by atoms with Crippen molar-refractivity contribution in [2.24, 2.45) is 0 Å². The fourth-order valence-electron chi connectivity index (χ4n) is 4.03. The van der Waals surface area contributed by atoms with Gasteiger partial charge in [-0.25, -0.2) is 18.4 Å². The SMILES string of the molecule is COc1cccc(-c2ccnc3[nH]c(-c4ccc(S(=O)(=O)N5CCN(C)CC5)cc4)nc23)c1. The van der Waals surface area contributed by atoms with Gasteiger partial charge in [0, 0.05) is 43.5 Å². The number of pyridine rings is 1. The number of aromatic nitrogens is 3. The van der Waals surface area contributed by atoms with Crippen molar-refractivity contribution in [2.45, 2.75) is 4.90 Å². The van der Waals surface area contributed by atoms with Crippen LogP contribution in [0.15, 0.2) is 65.7 Å². The molecule has 1 aliphatic rings. The number of fused-ring (bicyclic) bond motifs is 1. The first kappa shape index (κ1) is 21.6. The summed E-state index contributed by atoms with van der Waals surface area (Å²) in [5.74, 6) is 1.40. The van der Waals surface area contributed by atoms with Crippen LogP contribution in [-0.4, -0.2) is 72.9 Å². The van der Waals surface area contributed by atoms with Gasteiger partial charge in [0.1, 0.15) is 17.1 Å². The molecule has 1 N–H and O–H groups in total. The van der Waals surface area contributed by atoms with Gasteiger partial charge in [0.25, 0.3) is 0 Å². The highest BCUT2D eigenvalue weighted by Gasteiger charge is 2.27. The van der Waals surface area contributed by atoms with Gasteiger partial charge >= 0.3 is 0 Å². The van der Waals surface area contributed by atoms with E-state index < -0.39 is 10.0 Å². The number of nitrogens with zero attached hydrogens (tertiary/aromatic N) is 4. The van der Waals surface area contributed by atoms with Crippen LogP contribution in [0.25, 0.3) is 33.7 Å². The second kappa shape index (κ2) is 8.58. The first-order chi connectivity index (χ1) is 16.0. The van der Waals surface area contributed by atoms with Gasteiger partial charge in [-0.1, -0.05) is 12.1 Å². The normalized spacial score (nSPS) is 15.7. The van der Waals surface area contributed by atoms with Crippen LogP contribution in [0.4, 0.5) is 0 Å². The molecule has 1 fully saturated rings. The van der Waals surface area contributed by atoms with Crippen molar-refractivity contribution >= 4 is 21.2 Å². The van der Waals surface area contributed by atoms with Gasteiger partial charge in [0.05, 0.1) is 12.0 Å². The van der Waals surface area contributed by atoms with E-state index in [1.807, 2.05) is 37.4 Å². The molecule has 0 radical (unpaired) electrons. The summed E-state index contributed by atoms with van der Waals surface area (Å²) >= 11 is 0. The fraction of sp³-hybridized carbons (Fsp3) is 0.250. The third kappa shape index (κ3) is 4.10. The molecule has 3 heterocycles. The molecule has 0 atom stereocenters. The lowest BCUT2D eigenvalue weighted by molar-refractivity contribution is 0.222. The maximum Gasteiger partial charge on any atom is 0.243 e. The maximum atomic E-state index is 13.0. The van der Waals surface area contributed by atoms with Crippen LogP contribution in [0.5, 0.6) is 5.75 Å². The van der Waals surface area contributed by atoms with Crippen LogP contribution in [-0.2, 0) is 10.0 Å². The first-order valence-corrected chi connectivity index (χ1v) is 12.2. The largest absolute Gasteiger partial charge is 0.497 e. The molecule has 0 aliphatic carbocycles. The van der Waals surface area contributed by atoms with E-state index in [1.54, 1.807) is 41.9 Å².